The van der Waals surface area contributed by atoms with Gasteiger partial charge in [-0.25, -0.2) is 4.98 Å². The number of nitrogens with zero attached hydrogens (tertiary/aromatic N) is 6. The molecule has 2 aliphatic rings. The Morgan fingerprint density at radius 3 is 2.70 bits per heavy atom. The van der Waals surface area contributed by atoms with Gasteiger partial charge >= 0.3 is 0 Å². The zero-order valence-electron chi connectivity index (χ0n) is 22.0. The second-order valence-electron chi connectivity index (χ2n) is 10.6. The predicted octanol–water partition coefficient (Wildman–Crippen LogP) is 5.44. The Bertz CT molecular complexity index is 1460. The molecule has 1 atom stereocenters. The fraction of sp³-hybridized carbons (Fsp3) is 0.379. The van der Waals surface area contributed by atoms with Gasteiger partial charge in [0.15, 0.2) is 0 Å². The van der Waals surface area contributed by atoms with Crippen LogP contribution in [0.4, 0.5) is 23.0 Å². The van der Waals surface area contributed by atoms with Crippen LogP contribution >= 0.6 is 0 Å². The van der Waals surface area contributed by atoms with Crippen LogP contribution < -0.4 is 10.2 Å². The molecule has 2 N–H and O–H groups in total. The molecule has 1 saturated heterocycles. The smallest absolute Gasteiger partial charge is 0.229 e. The maximum Gasteiger partial charge on any atom is 0.229 e. The van der Waals surface area contributed by atoms with Crippen molar-refractivity contribution in [3.8, 4) is 11.3 Å². The highest BCUT2D eigenvalue weighted by molar-refractivity contribution is 5.93. The van der Waals surface area contributed by atoms with E-state index < -0.39 is 0 Å². The quantitative estimate of drug-likeness (QED) is 0.385. The molecule has 0 radical (unpaired) electrons. The lowest BCUT2D eigenvalue weighted by Gasteiger charge is -2.34. The number of hydrogen-bond donors (Lipinski definition) is 2. The first kappa shape index (κ1) is 23.6. The van der Waals surface area contributed by atoms with E-state index in [0.29, 0.717) is 17.8 Å². The van der Waals surface area contributed by atoms with Crippen molar-refractivity contribution in [1.29, 1.82) is 0 Å². The molecular weight excluding hydrogens is 460 g/mol. The van der Waals surface area contributed by atoms with Crippen LogP contribution in [0.2, 0.25) is 0 Å². The number of aromatic nitrogens is 4. The summed E-state index contributed by atoms with van der Waals surface area (Å²) in [6, 6.07) is 12.6. The van der Waals surface area contributed by atoms with Crippen LogP contribution in [-0.4, -0.2) is 63.8 Å². The van der Waals surface area contributed by atoms with Gasteiger partial charge in [-0.15, -0.1) is 0 Å². The van der Waals surface area contributed by atoms with E-state index in [0.717, 1.165) is 72.0 Å². The summed E-state index contributed by atoms with van der Waals surface area (Å²) in [6.07, 6.45) is 4.78. The van der Waals surface area contributed by atoms with E-state index in [2.05, 4.69) is 83.2 Å². The van der Waals surface area contributed by atoms with Gasteiger partial charge in [0.25, 0.3) is 0 Å². The number of hydrogen-bond acceptors (Lipinski definition) is 7. The summed E-state index contributed by atoms with van der Waals surface area (Å²) in [5.41, 5.74) is 8.17. The third-order valence-corrected chi connectivity index (χ3v) is 7.68. The fourth-order valence-corrected chi connectivity index (χ4v) is 5.40. The van der Waals surface area contributed by atoms with Gasteiger partial charge in [-0.05, 0) is 50.2 Å². The number of fused-ring (bicyclic) bond motifs is 2. The lowest BCUT2D eigenvalue weighted by molar-refractivity contribution is 0.313. The molecule has 37 heavy (non-hydrogen) atoms. The van der Waals surface area contributed by atoms with Crippen molar-refractivity contribution >= 4 is 39.8 Å². The van der Waals surface area contributed by atoms with Gasteiger partial charge < -0.3 is 20.1 Å². The molecule has 5 heterocycles. The van der Waals surface area contributed by atoms with E-state index in [1.807, 2.05) is 18.5 Å². The molecule has 8 nitrogen and oxygen atoms in total. The average Bonchev–Trinajstić information content (AvgIpc) is 3.32. The number of rotatable bonds is 5. The molecule has 1 unspecified atom stereocenters. The number of aliphatic imine (C=N–C) groups is 1. The molecular formula is C29H34N8. The molecule has 0 spiro atoms. The Hall–Kier alpha value is -3.78. The largest absolute Gasteiger partial charge is 0.369 e. The minimum Gasteiger partial charge on any atom is -0.369 e. The van der Waals surface area contributed by atoms with Crippen LogP contribution in [0.5, 0.6) is 0 Å². The van der Waals surface area contributed by atoms with E-state index in [9.17, 15) is 0 Å². The molecule has 2 aliphatic heterocycles. The lowest BCUT2D eigenvalue weighted by Crippen LogP contribution is -2.44. The molecule has 1 aromatic carbocycles. The topological polar surface area (TPSA) is 85.3 Å². The molecule has 4 aromatic rings. The van der Waals surface area contributed by atoms with Crippen molar-refractivity contribution < 1.29 is 0 Å². The van der Waals surface area contributed by atoms with E-state index in [4.69, 9.17) is 15.0 Å². The Kier molecular flexibility index (Phi) is 6.12. The molecule has 190 valence electrons. The van der Waals surface area contributed by atoms with Crippen molar-refractivity contribution in [2.24, 2.45) is 16.8 Å². The van der Waals surface area contributed by atoms with Crippen LogP contribution in [0.25, 0.3) is 22.3 Å². The van der Waals surface area contributed by atoms with E-state index in [-0.39, 0.29) is 0 Å². The predicted molar refractivity (Wildman–Crippen MR) is 151 cm³/mol. The van der Waals surface area contributed by atoms with Gasteiger partial charge in [0.2, 0.25) is 5.95 Å². The molecule has 0 amide bonds. The molecule has 1 fully saturated rings. The van der Waals surface area contributed by atoms with E-state index in [1.165, 1.54) is 11.4 Å². The van der Waals surface area contributed by atoms with Gasteiger partial charge in [0.1, 0.15) is 5.65 Å². The second-order valence-corrected chi connectivity index (χ2v) is 10.6. The first-order valence-electron chi connectivity index (χ1n) is 13.1. The zero-order valence-corrected chi connectivity index (χ0v) is 22.0. The number of likely N-dealkylation sites (N-methyl/N-ethyl adjacent to an activating group) is 1. The highest BCUT2D eigenvalue weighted by Crippen LogP contribution is 2.34. The minimum absolute atomic E-state index is 0.435. The van der Waals surface area contributed by atoms with Crippen LogP contribution in [0.3, 0.4) is 0 Å². The molecule has 0 aliphatic carbocycles. The summed E-state index contributed by atoms with van der Waals surface area (Å²) in [7, 11) is 2.17. The summed E-state index contributed by atoms with van der Waals surface area (Å²) >= 11 is 0. The van der Waals surface area contributed by atoms with E-state index in [1.54, 1.807) is 0 Å². The summed E-state index contributed by atoms with van der Waals surface area (Å²) in [5, 5.41) is 4.34. The molecule has 3 aromatic heterocycles. The van der Waals surface area contributed by atoms with Gasteiger partial charge in [-0.1, -0.05) is 19.9 Å². The number of aromatic amines is 1. The highest BCUT2D eigenvalue weighted by Gasteiger charge is 2.25. The molecule has 0 bridgehead atoms. The number of nitrogens with one attached hydrogen (secondary N) is 2. The van der Waals surface area contributed by atoms with Gasteiger partial charge in [0.05, 0.1) is 17.1 Å². The first-order chi connectivity index (χ1) is 17.9. The number of H-pyrrole nitrogens is 1. The SMILES string of the molecule is CC1=Nc2ccc(-c3c[nH]c4nc(Nc5cccc(N6CCN(C)CC6)c5)ncc34)nc2CC1C(C)C. The van der Waals surface area contributed by atoms with Crippen molar-refractivity contribution in [3.05, 3.63) is 54.5 Å². The van der Waals surface area contributed by atoms with Crippen molar-refractivity contribution in [1.82, 2.24) is 24.8 Å². The lowest BCUT2D eigenvalue weighted by atomic mass is 9.85. The molecule has 8 heteroatoms. The third-order valence-electron chi connectivity index (χ3n) is 7.68. The van der Waals surface area contributed by atoms with Gasteiger partial charge in [-0.2, -0.15) is 4.98 Å². The maximum absolute atomic E-state index is 5.02. The van der Waals surface area contributed by atoms with Crippen molar-refractivity contribution in [2.45, 2.75) is 27.2 Å². The van der Waals surface area contributed by atoms with E-state index >= 15 is 0 Å². The minimum atomic E-state index is 0.435. The fourth-order valence-electron chi connectivity index (χ4n) is 5.40. The molecule has 0 saturated carbocycles. The number of anilines is 3. The normalized spacial score (nSPS) is 18.2. The Morgan fingerprint density at radius 2 is 1.89 bits per heavy atom. The van der Waals surface area contributed by atoms with Crippen LogP contribution in [0.1, 0.15) is 26.5 Å². The standard InChI is InChI=1S/C29H34N8/c1-18(2)22-15-27-26(32-19(22)3)9-8-25(34-27)23-16-30-28-24(23)17-31-29(35-28)33-20-6-5-7-21(14-20)37-12-10-36(4)11-13-37/h5-9,14,16-18,22H,10-13,15H2,1-4H3,(H2,30,31,33,35). The molecule has 6 rings (SSSR count). The first-order valence-corrected chi connectivity index (χ1v) is 13.1. The maximum atomic E-state index is 5.02. The second kappa shape index (κ2) is 9.59. The third kappa shape index (κ3) is 4.69. The van der Waals surface area contributed by atoms with Crippen LogP contribution in [-0.2, 0) is 6.42 Å². The zero-order chi connectivity index (χ0) is 25.5. The Morgan fingerprint density at radius 1 is 1.05 bits per heavy atom. The number of pyridine rings is 1. The Labute approximate surface area is 217 Å². The highest BCUT2D eigenvalue weighted by atomic mass is 15.2. The van der Waals surface area contributed by atoms with Gasteiger partial charge in [0, 0.05) is 78.9 Å². The summed E-state index contributed by atoms with van der Waals surface area (Å²) < 4.78 is 0. The van der Waals surface area contributed by atoms with Crippen LogP contribution in [0.15, 0.2) is 53.8 Å². The number of benzene rings is 1. The van der Waals surface area contributed by atoms with Crippen LogP contribution in [0, 0.1) is 11.8 Å². The summed E-state index contributed by atoms with van der Waals surface area (Å²) in [6.45, 7) is 10.9. The van der Waals surface area contributed by atoms with Crippen molar-refractivity contribution in [2.75, 3.05) is 43.4 Å². The van der Waals surface area contributed by atoms with Gasteiger partial charge in [-0.3, -0.25) is 9.98 Å². The Balaban J connectivity index is 1.23. The van der Waals surface area contributed by atoms with Crippen molar-refractivity contribution in [3.63, 3.8) is 0 Å². The summed E-state index contributed by atoms with van der Waals surface area (Å²) in [4.78, 5) is 27.3. The summed E-state index contributed by atoms with van der Waals surface area (Å²) in [5.74, 6) is 1.54. The average molecular weight is 495 g/mol. The number of piperazine rings is 1. The monoisotopic (exact) mass is 494 g/mol.